The Morgan fingerprint density at radius 3 is 2.65 bits per heavy atom. The molecule has 3 N–H and O–H groups in total. The van der Waals surface area contributed by atoms with Crippen LogP contribution >= 0.6 is 0 Å². The summed E-state index contributed by atoms with van der Waals surface area (Å²) in [5.41, 5.74) is 5.09. The number of aliphatic hydroxyl groups excluding tert-OH is 1. The van der Waals surface area contributed by atoms with Crippen LogP contribution in [0.2, 0.25) is 0 Å². The fourth-order valence-electron chi connectivity index (χ4n) is 5.14. The van der Waals surface area contributed by atoms with Gasteiger partial charge in [0.15, 0.2) is 0 Å². The van der Waals surface area contributed by atoms with Crippen molar-refractivity contribution in [1.29, 1.82) is 5.26 Å². The van der Waals surface area contributed by atoms with Gasteiger partial charge >= 0.3 is 0 Å². The molecular weight excluding hydrogens is 471 g/mol. The summed E-state index contributed by atoms with van der Waals surface area (Å²) in [6.45, 7) is 0.249. The summed E-state index contributed by atoms with van der Waals surface area (Å²) in [7, 11) is 1.43. The number of methoxy groups -OCH3 is 1. The van der Waals surface area contributed by atoms with E-state index in [0.29, 0.717) is 17.2 Å². The monoisotopic (exact) mass is 498 g/mol. The molecule has 0 radical (unpaired) electrons. The summed E-state index contributed by atoms with van der Waals surface area (Å²) >= 11 is 0. The SMILES string of the molecule is COc1ccc(F)cc1C(=O)NCc1ccc(-c2cc(C3CCC(O)CC3)c3cn[nH]c3c2C#N)cc1. The lowest BCUT2D eigenvalue weighted by molar-refractivity contribution is 0.0947. The fourth-order valence-corrected chi connectivity index (χ4v) is 5.14. The lowest BCUT2D eigenvalue weighted by Crippen LogP contribution is -2.23. The number of nitriles is 1. The van der Waals surface area contributed by atoms with Crippen molar-refractivity contribution in [3.05, 3.63) is 82.8 Å². The van der Waals surface area contributed by atoms with E-state index in [1.54, 1.807) is 6.20 Å². The third kappa shape index (κ3) is 4.91. The summed E-state index contributed by atoms with van der Waals surface area (Å²) in [6.07, 6.45) is 4.84. The molecule has 1 amide bonds. The minimum atomic E-state index is -0.512. The van der Waals surface area contributed by atoms with Gasteiger partial charge in [-0.1, -0.05) is 24.3 Å². The quantitative estimate of drug-likeness (QED) is 0.338. The lowest BCUT2D eigenvalue weighted by Gasteiger charge is -2.27. The number of nitrogens with zero attached hydrogens (tertiary/aromatic N) is 2. The van der Waals surface area contributed by atoms with E-state index < -0.39 is 11.7 Å². The van der Waals surface area contributed by atoms with Crippen molar-refractivity contribution in [2.75, 3.05) is 7.11 Å². The van der Waals surface area contributed by atoms with E-state index in [4.69, 9.17) is 4.74 Å². The smallest absolute Gasteiger partial charge is 0.255 e. The molecule has 0 saturated heterocycles. The molecule has 1 fully saturated rings. The van der Waals surface area contributed by atoms with E-state index in [1.165, 1.54) is 19.2 Å². The summed E-state index contributed by atoms with van der Waals surface area (Å²) in [6, 6.07) is 15.9. The molecule has 0 spiro atoms. The first kappa shape index (κ1) is 24.5. The highest BCUT2D eigenvalue weighted by atomic mass is 19.1. The minimum absolute atomic E-state index is 0.133. The average Bonchev–Trinajstić information content (AvgIpc) is 3.41. The molecule has 0 unspecified atom stereocenters. The molecule has 1 aliphatic carbocycles. The number of aliphatic hydroxyl groups is 1. The lowest BCUT2D eigenvalue weighted by atomic mass is 9.80. The number of fused-ring (bicyclic) bond motifs is 1. The Morgan fingerprint density at radius 2 is 1.95 bits per heavy atom. The number of amides is 1. The molecule has 4 aromatic rings. The Kier molecular flexibility index (Phi) is 6.89. The molecule has 1 aliphatic rings. The number of hydrogen-bond acceptors (Lipinski definition) is 5. The van der Waals surface area contributed by atoms with Crippen LogP contribution in [0.4, 0.5) is 4.39 Å². The average molecular weight is 499 g/mol. The van der Waals surface area contributed by atoms with Gasteiger partial charge in [0.05, 0.1) is 36.1 Å². The molecule has 5 rings (SSSR count). The summed E-state index contributed by atoms with van der Waals surface area (Å²) in [5, 5.41) is 30.9. The van der Waals surface area contributed by atoms with Crippen molar-refractivity contribution in [2.24, 2.45) is 0 Å². The van der Waals surface area contributed by atoms with Crippen LogP contribution < -0.4 is 10.1 Å². The van der Waals surface area contributed by atoms with Gasteiger partial charge in [-0.3, -0.25) is 9.89 Å². The van der Waals surface area contributed by atoms with Crippen molar-refractivity contribution in [3.8, 4) is 22.9 Å². The minimum Gasteiger partial charge on any atom is -0.496 e. The first-order valence-corrected chi connectivity index (χ1v) is 12.3. The molecular formula is C29H27FN4O3. The van der Waals surface area contributed by atoms with Gasteiger partial charge in [0, 0.05) is 17.5 Å². The molecule has 1 saturated carbocycles. The van der Waals surface area contributed by atoms with Gasteiger partial charge in [-0.2, -0.15) is 10.4 Å². The largest absolute Gasteiger partial charge is 0.496 e. The number of benzene rings is 3. The number of nitrogens with one attached hydrogen (secondary N) is 2. The van der Waals surface area contributed by atoms with Crippen molar-refractivity contribution >= 4 is 16.8 Å². The van der Waals surface area contributed by atoms with Gasteiger partial charge in [0.2, 0.25) is 0 Å². The topological polar surface area (TPSA) is 111 Å². The number of aromatic amines is 1. The standard InChI is InChI=1S/C29H27FN4O3/c1-37-27-11-8-20(30)12-24(27)29(36)32-15-17-2-4-18(5-3-17)22-13-23(19-6-9-21(35)10-7-19)26-16-33-34-28(26)25(22)14-31/h2-5,8,11-13,16,19,21,35H,6-7,9-10,15H2,1H3,(H,32,36)(H,33,34). The third-order valence-corrected chi connectivity index (χ3v) is 7.14. The second-order valence-corrected chi connectivity index (χ2v) is 9.39. The molecule has 0 bridgehead atoms. The number of halogens is 1. The van der Waals surface area contributed by atoms with Crippen molar-refractivity contribution in [1.82, 2.24) is 15.5 Å². The van der Waals surface area contributed by atoms with E-state index in [-0.39, 0.29) is 18.2 Å². The summed E-state index contributed by atoms with van der Waals surface area (Å²) in [5.74, 6) is -0.346. The zero-order chi connectivity index (χ0) is 25.9. The highest BCUT2D eigenvalue weighted by Gasteiger charge is 2.25. The zero-order valence-electron chi connectivity index (χ0n) is 20.4. The molecule has 0 atom stereocenters. The molecule has 8 heteroatoms. The third-order valence-electron chi connectivity index (χ3n) is 7.14. The predicted molar refractivity (Wildman–Crippen MR) is 138 cm³/mol. The van der Waals surface area contributed by atoms with E-state index in [1.807, 2.05) is 24.3 Å². The fraction of sp³-hybridized carbons (Fsp3) is 0.276. The highest BCUT2D eigenvalue weighted by Crippen LogP contribution is 2.40. The second kappa shape index (κ2) is 10.4. The van der Waals surface area contributed by atoms with Gasteiger partial charge in [-0.15, -0.1) is 0 Å². The van der Waals surface area contributed by atoms with E-state index in [9.17, 15) is 19.6 Å². The Balaban J connectivity index is 1.40. The first-order chi connectivity index (χ1) is 18.0. The van der Waals surface area contributed by atoms with Crippen LogP contribution in [0.25, 0.3) is 22.0 Å². The maximum Gasteiger partial charge on any atom is 0.255 e. The maximum absolute atomic E-state index is 13.6. The van der Waals surface area contributed by atoms with Gasteiger partial charge in [0.1, 0.15) is 17.6 Å². The Hall–Kier alpha value is -4.22. The van der Waals surface area contributed by atoms with Crippen LogP contribution in [0.15, 0.2) is 54.7 Å². The van der Waals surface area contributed by atoms with Gasteiger partial charge in [0.25, 0.3) is 5.91 Å². The van der Waals surface area contributed by atoms with Gasteiger partial charge < -0.3 is 15.2 Å². The van der Waals surface area contributed by atoms with Crippen molar-refractivity contribution in [3.63, 3.8) is 0 Å². The number of aromatic nitrogens is 2. The van der Waals surface area contributed by atoms with Crippen LogP contribution in [0.5, 0.6) is 5.75 Å². The van der Waals surface area contributed by atoms with E-state index in [0.717, 1.165) is 64.9 Å². The Labute approximate surface area is 213 Å². The molecule has 37 heavy (non-hydrogen) atoms. The molecule has 3 aromatic carbocycles. The number of rotatable bonds is 6. The molecule has 188 valence electrons. The van der Waals surface area contributed by atoms with Crippen LogP contribution in [0.3, 0.4) is 0 Å². The second-order valence-electron chi connectivity index (χ2n) is 9.39. The van der Waals surface area contributed by atoms with E-state index in [2.05, 4.69) is 27.6 Å². The maximum atomic E-state index is 13.6. The first-order valence-electron chi connectivity index (χ1n) is 12.3. The number of carbonyl (C=O) groups excluding carboxylic acids is 1. The van der Waals surface area contributed by atoms with Crippen LogP contribution in [-0.2, 0) is 6.54 Å². The molecule has 1 heterocycles. The van der Waals surface area contributed by atoms with Gasteiger partial charge in [-0.25, -0.2) is 4.39 Å². The van der Waals surface area contributed by atoms with Crippen molar-refractivity contribution in [2.45, 2.75) is 44.2 Å². The van der Waals surface area contributed by atoms with Crippen LogP contribution in [0, 0.1) is 17.1 Å². The van der Waals surface area contributed by atoms with E-state index >= 15 is 0 Å². The Bertz CT molecular complexity index is 1480. The van der Waals surface area contributed by atoms with Crippen LogP contribution in [0.1, 0.15) is 58.6 Å². The molecule has 7 nitrogen and oxygen atoms in total. The number of ether oxygens (including phenoxy) is 1. The Morgan fingerprint density at radius 1 is 1.19 bits per heavy atom. The van der Waals surface area contributed by atoms with Crippen LogP contribution in [-0.4, -0.2) is 34.4 Å². The number of hydrogen-bond donors (Lipinski definition) is 3. The van der Waals surface area contributed by atoms with Gasteiger partial charge in [-0.05, 0) is 72.6 Å². The number of H-pyrrole nitrogens is 1. The summed E-state index contributed by atoms with van der Waals surface area (Å²) < 4.78 is 18.8. The summed E-state index contributed by atoms with van der Waals surface area (Å²) in [4.78, 5) is 12.6. The molecule has 1 aromatic heterocycles. The van der Waals surface area contributed by atoms with Crippen molar-refractivity contribution < 1.29 is 19.0 Å². The molecule has 0 aliphatic heterocycles. The predicted octanol–water partition coefficient (Wildman–Crippen LogP) is 5.20. The zero-order valence-corrected chi connectivity index (χ0v) is 20.4. The number of carbonyl (C=O) groups is 1. The normalized spacial score (nSPS) is 17.4. The highest BCUT2D eigenvalue weighted by molar-refractivity contribution is 5.97.